The Kier molecular flexibility index (Phi) is 6.22. The number of hydrogen-bond donors (Lipinski definition) is 0. The number of fused-ring (bicyclic) bond motifs is 2. The van der Waals surface area contributed by atoms with Crippen LogP contribution in [0.25, 0.3) is 10.9 Å². The van der Waals surface area contributed by atoms with Crippen molar-refractivity contribution < 1.29 is 9.59 Å². The van der Waals surface area contributed by atoms with E-state index in [0.29, 0.717) is 58.9 Å². The molecule has 1 aliphatic heterocycles. The van der Waals surface area contributed by atoms with Gasteiger partial charge in [-0.1, -0.05) is 42.1 Å². The number of carbonyl (C=O) groups is 2. The first-order valence-corrected chi connectivity index (χ1v) is 12.1. The second-order valence-electron chi connectivity index (χ2n) is 7.95. The van der Waals surface area contributed by atoms with Gasteiger partial charge in [0.15, 0.2) is 5.16 Å². The van der Waals surface area contributed by atoms with E-state index >= 15 is 0 Å². The van der Waals surface area contributed by atoms with E-state index < -0.39 is 0 Å². The third-order valence-electron chi connectivity index (χ3n) is 5.78. The van der Waals surface area contributed by atoms with E-state index in [1.807, 2.05) is 36.4 Å². The van der Waals surface area contributed by atoms with Gasteiger partial charge in [-0.25, -0.2) is 4.98 Å². The van der Waals surface area contributed by atoms with Crippen molar-refractivity contribution in [3.63, 3.8) is 0 Å². The Morgan fingerprint density at radius 2 is 1.50 bits per heavy atom. The van der Waals surface area contributed by atoms with Crippen LogP contribution in [0.3, 0.4) is 0 Å². The number of carbonyl (C=O) groups excluding carboxylic acids is 2. The molecule has 1 aliphatic rings. The van der Waals surface area contributed by atoms with Gasteiger partial charge in [-0.15, -0.1) is 0 Å². The van der Waals surface area contributed by atoms with Crippen LogP contribution in [0.1, 0.15) is 32.8 Å². The Bertz CT molecular complexity index is 1400. The van der Waals surface area contributed by atoms with E-state index in [2.05, 4.69) is 4.98 Å². The van der Waals surface area contributed by atoms with Crippen LogP contribution in [0.5, 0.6) is 0 Å². The van der Waals surface area contributed by atoms with Crippen LogP contribution in [0, 0.1) is 0 Å². The van der Waals surface area contributed by atoms with Crippen molar-refractivity contribution in [2.24, 2.45) is 0 Å². The molecule has 0 saturated carbocycles. The van der Waals surface area contributed by atoms with E-state index in [-0.39, 0.29) is 17.4 Å². The summed E-state index contributed by atoms with van der Waals surface area (Å²) < 4.78 is 1.70. The molecule has 5 rings (SSSR count). The van der Waals surface area contributed by atoms with Gasteiger partial charge in [0.05, 0.1) is 22.0 Å². The molecule has 0 bridgehead atoms. The summed E-state index contributed by atoms with van der Waals surface area (Å²) >= 11 is 1.46. The molecule has 0 unspecified atom stereocenters. The zero-order chi connectivity index (χ0) is 23.5. The maximum Gasteiger partial charge on any atom is 0.262 e. The van der Waals surface area contributed by atoms with Crippen LogP contribution in [0.15, 0.2) is 82.9 Å². The molecule has 4 aromatic rings. The molecule has 3 heterocycles. The van der Waals surface area contributed by atoms with Crippen molar-refractivity contribution in [1.29, 1.82) is 0 Å². The highest BCUT2D eigenvalue weighted by Crippen LogP contribution is 2.24. The predicted molar refractivity (Wildman–Crippen MR) is 131 cm³/mol. The molecule has 170 valence electrons. The molecule has 0 fully saturated rings. The lowest BCUT2D eigenvalue weighted by Crippen LogP contribution is -2.31. The second kappa shape index (κ2) is 9.61. The highest BCUT2D eigenvalue weighted by molar-refractivity contribution is 7.99. The van der Waals surface area contributed by atoms with Gasteiger partial charge in [0, 0.05) is 37.2 Å². The van der Waals surface area contributed by atoms with Crippen LogP contribution in [0.4, 0.5) is 0 Å². The van der Waals surface area contributed by atoms with Gasteiger partial charge >= 0.3 is 0 Å². The first-order valence-electron chi connectivity index (χ1n) is 11.1. The minimum absolute atomic E-state index is 0.0793. The number of aryl methyl sites for hydroxylation is 1. The number of amides is 2. The quantitative estimate of drug-likeness (QED) is 0.168. The Morgan fingerprint density at radius 1 is 0.794 bits per heavy atom. The highest BCUT2D eigenvalue weighted by Gasteiger charge is 2.34. The fraction of sp³-hybridized carbons (Fsp3) is 0.192. The molecule has 34 heavy (non-hydrogen) atoms. The first-order chi connectivity index (χ1) is 16.6. The lowest BCUT2D eigenvalue weighted by Gasteiger charge is -2.15. The molecule has 0 atom stereocenters. The molecule has 0 radical (unpaired) electrons. The van der Waals surface area contributed by atoms with Gasteiger partial charge < -0.3 is 0 Å². The Balaban J connectivity index is 1.30. The zero-order valence-corrected chi connectivity index (χ0v) is 19.2. The molecular weight excluding hydrogens is 448 g/mol. The summed E-state index contributed by atoms with van der Waals surface area (Å²) in [5.74, 6) is 0.116. The standard InChI is InChI=1S/C26H22N4O3S/c31-23-19-9-1-2-10-20(19)24(32)29(23)15-7-17-34-26-28-22-12-4-3-11-21(22)25(33)30(26)16-13-18-8-5-6-14-27-18/h1-6,8-12,14H,7,13,15-17H2. The van der Waals surface area contributed by atoms with Crippen LogP contribution >= 0.6 is 11.8 Å². The van der Waals surface area contributed by atoms with Gasteiger partial charge in [0.2, 0.25) is 0 Å². The molecule has 2 aromatic heterocycles. The Hall–Kier alpha value is -3.78. The van der Waals surface area contributed by atoms with Gasteiger partial charge in [0.25, 0.3) is 17.4 Å². The number of nitrogens with zero attached hydrogens (tertiary/aromatic N) is 4. The van der Waals surface area contributed by atoms with E-state index in [1.165, 1.54) is 16.7 Å². The molecular formula is C26H22N4O3S. The fourth-order valence-electron chi connectivity index (χ4n) is 4.06. The molecule has 7 nitrogen and oxygen atoms in total. The maximum atomic E-state index is 13.2. The van der Waals surface area contributed by atoms with Crippen molar-refractivity contribution in [3.05, 3.63) is 100 Å². The summed E-state index contributed by atoms with van der Waals surface area (Å²) in [5, 5.41) is 1.21. The van der Waals surface area contributed by atoms with Crippen molar-refractivity contribution >= 4 is 34.5 Å². The number of thioether (sulfide) groups is 1. The molecule has 8 heteroatoms. The average molecular weight is 471 g/mol. The van der Waals surface area contributed by atoms with Crippen molar-refractivity contribution in [3.8, 4) is 0 Å². The Morgan fingerprint density at radius 3 is 2.24 bits per heavy atom. The SMILES string of the molecule is O=C1c2ccccc2C(=O)N1CCCSc1nc2ccccc2c(=O)n1CCc1ccccn1. The summed E-state index contributed by atoms with van der Waals surface area (Å²) in [6.07, 6.45) is 2.95. The van der Waals surface area contributed by atoms with E-state index in [1.54, 1.807) is 41.1 Å². The topological polar surface area (TPSA) is 85.2 Å². The lowest BCUT2D eigenvalue weighted by atomic mass is 10.1. The largest absolute Gasteiger partial charge is 0.287 e. The van der Waals surface area contributed by atoms with Crippen LogP contribution in [0.2, 0.25) is 0 Å². The number of rotatable bonds is 8. The van der Waals surface area contributed by atoms with Crippen molar-refractivity contribution in [2.75, 3.05) is 12.3 Å². The van der Waals surface area contributed by atoms with Crippen LogP contribution in [-0.2, 0) is 13.0 Å². The first kappa shape index (κ1) is 22.0. The molecule has 2 amide bonds. The molecule has 0 saturated heterocycles. The summed E-state index contributed by atoms with van der Waals surface area (Å²) in [6.45, 7) is 0.791. The molecule has 0 N–H and O–H groups in total. The molecule has 2 aromatic carbocycles. The molecule has 0 spiro atoms. The summed E-state index contributed by atoms with van der Waals surface area (Å²) in [7, 11) is 0. The van der Waals surface area contributed by atoms with Crippen LogP contribution < -0.4 is 5.56 Å². The minimum atomic E-state index is -0.248. The van der Waals surface area contributed by atoms with E-state index in [9.17, 15) is 14.4 Å². The maximum absolute atomic E-state index is 13.2. The summed E-state index contributed by atoms with van der Waals surface area (Å²) in [6, 6.07) is 20.0. The minimum Gasteiger partial charge on any atom is -0.287 e. The highest BCUT2D eigenvalue weighted by atomic mass is 32.2. The van der Waals surface area contributed by atoms with Crippen molar-refractivity contribution in [1.82, 2.24) is 19.4 Å². The number of para-hydroxylation sites is 1. The number of hydrogen-bond acceptors (Lipinski definition) is 6. The predicted octanol–water partition coefficient (Wildman–Crippen LogP) is 3.81. The lowest BCUT2D eigenvalue weighted by molar-refractivity contribution is 0.0655. The molecule has 0 aliphatic carbocycles. The summed E-state index contributed by atoms with van der Waals surface area (Å²) in [4.78, 5) is 48.7. The Labute approximate surface area is 200 Å². The fourth-order valence-corrected chi connectivity index (χ4v) is 5.00. The van der Waals surface area contributed by atoms with Crippen LogP contribution in [-0.4, -0.2) is 43.5 Å². The second-order valence-corrected chi connectivity index (χ2v) is 9.01. The van der Waals surface area contributed by atoms with E-state index in [4.69, 9.17) is 4.98 Å². The number of aromatic nitrogens is 3. The normalized spacial score (nSPS) is 13.0. The number of imide groups is 1. The number of benzene rings is 2. The van der Waals surface area contributed by atoms with Crippen molar-refractivity contribution in [2.45, 2.75) is 24.5 Å². The summed E-state index contributed by atoms with van der Waals surface area (Å²) in [5.41, 5.74) is 2.40. The van der Waals surface area contributed by atoms with Gasteiger partial charge in [-0.05, 0) is 42.8 Å². The number of pyridine rings is 1. The monoisotopic (exact) mass is 470 g/mol. The third kappa shape index (κ3) is 4.24. The average Bonchev–Trinajstić information content (AvgIpc) is 3.12. The zero-order valence-electron chi connectivity index (χ0n) is 18.4. The van der Waals surface area contributed by atoms with E-state index in [0.717, 1.165) is 5.69 Å². The third-order valence-corrected chi connectivity index (χ3v) is 6.84. The van der Waals surface area contributed by atoms with Gasteiger partial charge in [-0.2, -0.15) is 0 Å². The van der Waals surface area contributed by atoms with Gasteiger partial charge in [-0.3, -0.25) is 28.8 Å². The smallest absolute Gasteiger partial charge is 0.262 e. The van der Waals surface area contributed by atoms with Gasteiger partial charge in [0.1, 0.15) is 0 Å².